The lowest BCUT2D eigenvalue weighted by Gasteiger charge is -2.44. The molecule has 9 heteroatoms. The summed E-state index contributed by atoms with van der Waals surface area (Å²) in [5, 5.41) is 0. The molecule has 0 radical (unpaired) electrons. The monoisotopic (exact) mass is 380 g/mol. The van der Waals surface area contributed by atoms with Gasteiger partial charge in [0.25, 0.3) is 0 Å². The smallest absolute Gasteiger partial charge is 0.237 e. The second-order valence-corrected chi connectivity index (χ2v) is 9.31. The Balaban J connectivity index is 1.78. The van der Waals surface area contributed by atoms with E-state index in [1.165, 1.54) is 0 Å². The number of hydrogen-bond acceptors (Lipinski definition) is 6. The van der Waals surface area contributed by atoms with E-state index in [4.69, 9.17) is 0 Å². The summed E-state index contributed by atoms with van der Waals surface area (Å²) >= 11 is 0. The number of aromatic nitrogens is 1. The SMILES string of the molecule is CN(C)CC(=O)N1CCN(C(=O)Cc2ccncc2)[C@H]2CS(=O)(=O)C[C@H]21. The predicted molar refractivity (Wildman–Crippen MR) is 96.2 cm³/mol. The van der Waals surface area contributed by atoms with Crippen LogP contribution in [0.1, 0.15) is 5.56 Å². The quantitative estimate of drug-likeness (QED) is 0.667. The van der Waals surface area contributed by atoms with E-state index < -0.39 is 21.9 Å². The fraction of sp³-hybridized carbons (Fsp3) is 0.588. The Labute approximate surface area is 153 Å². The number of carbonyl (C=O) groups is 2. The van der Waals surface area contributed by atoms with Gasteiger partial charge in [0.05, 0.1) is 36.6 Å². The van der Waals surface area contributed by atoms with Crippen molar-refractivity contribution in [3.05, 3.63) is 30.1 Å². The maximum atomic E-state index is 12.8. The number of hydrogen-bond donors (Lipinski definition) is 0. The predicted octanol–water partition coefficient (Wildman–Crippen LogP) is -0.978. The van der Waals surface area contributed by atoms with E-state index in [0.29, 0.717) is 13.1 Å². The van der Waals surface area contributed by atoms with Crippen molar-refractivity contribution in [2.45, 2.75) is 18.5 Å². The highest BCUT2D eigenvalue weighted by atomic mass is 32.2. The van der Waals surface area contributed by atoms with Gasteiger partial charge in [-0.1, -0.05) is 0 Å². The first kappa shape index (κ1) is 18.8. The largest absolute Gasteiger partial charge is 0.335 e. The molecule has 2 aliphatic heterocycles. The number of nitrogens with zero attached hydrogens (tertiary/aromatic N) is 4. The van der Waals surface area contributed by atoms with Crippen LogP contribution < -0.4 is 0 Å². The van der Waals surface area contributed by atoms with Gasteiger partial charge in [-0.3, -0.25) is 14.6 Å². The molecule has 0 N–H and O–H groups in total. The molecular formula is C17H24N4O4S. The van der Waals surface area contributed by atoms with Gasteiger partial charge in [-0.25, -0.2) is 8.42 Å². The van der Waals surface area contributed by atoms with Gasteiger partial charge in [0, 0.05) is 25.5 Å². The van der Waals surface area contributed by atoms with Gasteiger partial charge in [0.1, 0.15) is 0 Å². The minimum Gasteiger partial charge on any atom is -0.335 e. The van der Waals surface area contributed by atoms with Crippen LogP contribution in [-0.2, 0) is 25.8 Å². The van der Waals surface area contributed by atoms with Gasteiger partial charge in [-0.15, -0.1) is 0 Å². The van der Waals surface area contributed by atoms with E-state index >= 15 is 0 Å². The number of fused-ring (bicyclic) bond motifs is 1. The molecule has 0 unspecified atom stereocenters. The molecule has 8 nitrogen and oxygen atoms in total. The zero-order valence-electron chi connectivity index (χ0n) is 15.0. The average molecular weight is 380 g/mol. The molecule has 2 amide bonds. The molecule has 0 bridgehead atoms. The Morgan fingerprint density at radius 2 is 1.62 bits per heavy atom. The van der Waals surface area contributed by atoms with E-state index in [9.17, 15) is 18.0 Å². The highest BCUT2D eigenvalue weighted by molar-refractivity contribution is 7.91. The number of amides is 2. The zero-order valence-corrected chi connectivity index (χ0v) is 15.9. The molecule has 26 heavy (non-hydrogen) atoms. The van der Waals surface area contributed by atoms with Crippen molar-refractivity contribution in [1.29, 1.82) is 0 Å². The van der Waals surface area contributed by atoms with Crippen molar-refractivity contribution in [3.63, 3.8) is 0 Å². The van der Waals surface area contributed by atoms with Crippen molar-refractivity contribution in [1.82, 2.24) is 19.7 Å². The molecule has 3 rings (SSSR count). The minimum absolute atomic E-state index is 0.0735. The summed E-state index contributed by atoms with van der Waals surface area (Å²) in [5.74, 6) is -0.354. The van der Waals surface area contributed by atoms with Crippen LogP contribution in [0.15, 0.2) is 24.5 Å². The number of piperazine rings is 1. The van der Waals surface area contributed by atoms with Gasteiger partial charge < -0.3 is 14.7 Å². The highest BCUT2D eigenvalue weighted by Crippen LogP contribution is 2.27. The first-order chi connectivity index (χ1) is 12.3. The summed E-state index contributed by atoms with van der Waals surface area (Å²) in [6.45, 7) is 0.958. The maximum Gasteiger partial charge on any atom is 0.237 e. The summed E-state index contributed by atoms with van der Waals surface area (Å²) in [6, 6.07) is 2.63. The Hall–Kier alpha value is -2.00. The number of pyridine rings is 1. The maximum absolute atomic E-state index is 12.8. The molecular weight excluding hydrogens is 356 g/mol. The fourth-order valence-electron chi connectivity index (χ4n) is 3.71. The van der Waals surface area contributed by atoms with Crippen LogP contribution in [0.5, 0.6) is 0 Å². The molecule has 0 saturated carbocycles. The molecule has 1 aromatic heterocycles. The molecule has 1 aromatic rings. The van der Waals surface area contributed by atoms with Crippen molar-refractivity contribution in [2.75, 3.05) is 45.2 Å². The van der Waals surface area contributed by atoms with E-state index in [1.54, 1.807) is 53.3 Å². The van der Waals surface area contributed by atoms with Gasteiger partial charge in [0.2, 0.25) is 11.8 Å². The summed E-state index contributed by atoms with van der Waals surface area (Å²) < 4.78 is 24.4. The Kier molecular flexibility index (Phi) is 5.29. The number of sulfone groups is 1. The molecule has 0 aromatic carbocycles. The molecule has 2 saturated heterocycles. The molecule has 2 fully saturated rings. The summed E-state index contributed by atoms with van der Waals surface area (Å²) in [6.07, 6.45) is 3.46. The molecule has 2 atom stereocenters. The molecule has 3 heterocycles. The third kappa shape index (κ3) is 4.04. The second-order valence-electron chi connectivity index (χ2n) is 7.16. The molecule has 142 valence electrons. The van der Waals surface area contributed by atoms with Crippen LogP contribution in [0.2, 0.25) is 0 Å². The standard InChI is InChI=1S/C17H24N4O4S/c1-19(2)10-17(23)21-8-7-20(14-11-26(24,25)12-15(14)21)16(22)9-13-3-5-18-6-4-13/h3-6,14-15H,7-12H2,1-2H3/t14-,15+/m0/s1. The average Bonchev–Trinajstić information content (AvgIpc) is 2.88. The topological polar surface area (TPSA) is 90.9 Å². The third-order valence-corrected chi connectivity index (χ3v) is 6.57. The zero-order chi connectivity index (χ0) is 18.9. The summed E-state index contributed by atoms with van der Waals surface area (Å²) in [5.41, 5.74) is 0.841. The van der Waals surface area contributed by atoms with Crippen LogP contribution >= 0.6 is 0 Å². The van der Waals surface area contributed by atoms with Crippen molar-refractivity contribution in [3.8, 4) is 0 Å². The minimum atomic E-state index is -3.27. The third-order valence-electron chi connectivity index (χ3n) is 4.87. The molecule has 0 spiro atoms. The van der Waals surface area contributed by atoms with Gasteiger partial charge in [0.15, 0.2) is 9.84 Å². The van der Waals surface area contributed by atoms with Crippen LogP contribution in [0, 0.1) is 0 Å². The number of likely N-dealkylation sites (N-methyl/N-ethyl adjacent to an activating group) is 1. The number of carbonyl (C=O) groups excluding carboxylic acids is 2. The van der Waals surface area contributed by atoms with Gasteiger partial charge in [-0.05, 0) is 31.8 Å². The van der Waals surface area contributed by atoms with Crippen molar-refractivity contribution in [2.24, 2.45) is 0 Å². The van der Waals surface area contributed by atoms with Gasteiger partial charge >= 0.3 is 0 Å². The van der Waals surface area contributed by atoms with E-state index in [-0.39, 0.29) is 36.3 Å². The fourth-order valence-corrected chi connectivity index (χ4v) is 5.69. The van der Waals surface area contributed by atoms with Crippen LogP contribution in [-0.4, -0.2) is 97.2 Å². The number of rotatable bonds is 4. The molecule has 2 aliphatic rings. The van der Waals surface area contributed by atoms with E-state index in [2.05, 4.69) is 4.98 Å². The lowest BCUT2D eigenvalue weighted by atomic mass is 10.0. The summed E-state index contributed by atoms with van der Waals surface area (Å²) in [4.78, 5) is 34.3. The Morgan fingerprint density at radius 3 is 2.15 bits per heavy atom. The Morgan fingerprint density at radius 1 is 1.08 bits per heavy atom. The van der Waals surface area contributed by atoms with Crippen molar-refractivity contribution >= 4 is 21.7 Å². The first-order valence-electron chi connectivity index (χ1n) is 8.60. The van der Waals surface area contributed by atoms with Crippen LogP contribution in [0.3, 0.4) is 0 Å². The lowest BCUT2D eigenvalue weighted by molar-refractivity contribution is -0.145. The Bertz CT molecular complexity index is 781. The van der Waals surface area contributed by atoms with Gasteiger partial charge in [-0.2, -0.15) is 0 Å². The summed E-state index contributed by atoms with van der Waals surface area (Å²) in [7, 11) is 0.327. The van der Waals surface area contributed by atoms with Crippen LogP contribution in [0.25, 0.3) is 0 Å². The molecule has 0 aliphatic carbocycles. The first-order valence-corrected chi connectivity index (χ1v) is 10.4. The normalized spacial score (nSPS) is 24.6. The highest BCUT2D eigenvalue weighted by Gasteiger charge is 2.49. The van der Waals surface area contributed by atoms with E-state index in [1.807, 2.05) is 0 Å². The van der Waals surface area contributed by atoms with Crippen molar-refractivity contribution < 1.29 is 18.0 Å². The lowest BCUT2D eigenvalue weighted by Crippen LogP contribution is -2.63. The van der Waals surface area contributed by atoms with E-state index in [0.717, 1.165) is 5.56 Å². The second kappa shape index (κ2) is 7.32. The van der Waals surface area contributed by atoms with Crippen LogP contribution in [0.4, 0.5) is 0 Å².